The van der Waals surface area contributed by atoms with Gasteiger partial charge in [-0.1, -0.05) is 94.8 Å². The Morgan fingerprint density at radius 3 is 2.24 bits per heavy atom. The monoisotopic (exact) mass is 799 g/mol. The van der Waals surface area contributed by atoms with Crippen molar-refractivity contribution in [1.82, 2.24) is 10.2 Å². The minimum Gasteiger partial charge on any atom is -0.494 e. The van der Waals surface area contributed by atoms with Gasteiger partial charge in [0.2, 0.25) is 11.8 Å². The van der Waals surface area contributed by atoms with Gasteiger partial charge in [-0.25, -0.2) is 8.42 Å². The first-order valence-corrected chi connectivity index (χ1v) is 19.6. The van der Waals surface area contributed by atoms with E-state index in [-0.39, 0.29) is 35.5 Å². The zero-order valence-corrected chi connectivity index (χ0v) is 31.6. The average molecular weight is 802 g/mol. The highest BCUT2D eigenvalue weighted by Crippen LogP contribution is 2.29. The number of carbonyl (C=O) groups is 2. The van der Waals surface area contributed by atoms with Crippen LogP contribution in [0.3, 0.4) is 0 Å². The summed E-state index contributed by atoms with van der Waals surface area (Å²) in [5.74, 6) is -0.322. The topological polar surface area (TPSA) is 96.0 Å². The highest BCUT2D eigenvalue weighted by molar-refractivity contribution is 9.10. The smallest absolute Gasteiger partial charge is 0.264 e. The highest BCUT2D eigenvalue weighted by Gasteiger charge is 2.35. The summed E-state index contributed by atoms with van der Waals surface area (Å²) in [5, 5.41) is 3.96. The number of rotatable bonds is 14. The number of sulfonamides is 1. The van der Waals surface area contributed by atoms with Crippen LogP contribution in [0.1, 0.15) is 50.2 Å². The number of anilines is 1. The molecule has 264 valence electrons. The number of hydrogen-bond acceptors (Lipinski definition) is 5. The van der Waals surface area contributed by atoms with E-state index < -0.39 is 28.5 Å². The zero-order valence-electron chi connectivity index (χ0n) is 27.7. The van der Waals surface area contributed by atoms with Gasteiger partial charge < -0.3 is 15.0 Å². The lowest BCUT2D eigenvalue weighted by atomic mass is 9.94. The third kappa shape index (κ3) is 9.81. The predicted molar refractivity (Wildman–Crippen MR) is 202 cm³/mol. The standard InChI is InChI=1S/C38H40BrCl2N3O5S/c1-2-49-33-19-17-32(18-20-33)44(50(47,48)34-21-14-29(39)15-22-34)26-37(45)43(25-28-13-16-30(40)24-35(28)41)36(23-27-9-5-3-6-10-27)38(46)42-31-11-7-4-8-12-31/h3,5-6,9-10,13-22,24,31,36H,2,4,7-8,11-12,23,25-26H2,1H3,(H,42,46). The summed E-state index contributed by atoms with van der Waals surface area (Å²) in [6.07, 6.45) is 5.08. The van der Waals surface area contributed by atoms with Crippen LogP contribution < -0.4 is 14.4 Å². The summed E-state index contributed by atoms with van der Waals surface area (Å²) < 4.78 is 36.0. The van der Waals surface area contributed by atoms with Gasteiger partial charge in [0.15, 0.2) is 0 Å². The summed E-state index contributed by atoms with van der Waals surface area (Å²) in [5.41, 5.74) is 1.68. The number of ether oxygens (including phenoxy) is 1. The molecule has 0 aromatic heterocycles. The van der Waals surface area contributed by atoms with E-state index in [9.17, 15) is 18.0 Å². The van der Waals surface area contributed by atoms with E-state index in [1.165, 1.54) is 17.0 Å². The molecule has 0 saturated heterocycles. The van der Waals surface area contributed by atoms with Crippen molar-refractivity contribution >= 4 is 66.7 Å². The van der Waals surface area contributed by atoms with Gasteiger partial charge in [0.05, 0.1) is 17.2 Å². The molecule has 1 fully saturated rings. The second-order valence-electron chi connectivity index (χ2n) is 12.2. The molecule has 0 bridgehead atoms. The molecule has 1 saturated carbocycles. The Kier molecular flexibility index (Phi) is 13.2. The van der Waals surface area contributed by atoms with Crippen LogP contribution in [-0.4, -0.2) is 50.4 Å². The molecule has 4 aromatic rings. The molecule has 0 radical (unpaired) electrons. The minimum atomic E-state index is -4.26. The second-order valence-corrected chi connectivity index (χ2v) is 15.8. The average Bonchev–Trinajstić information content (AvgIpc) is 3.11. The van der Waals surface area contributed by atoms with Crippen LogP contribution in [0.15, 0.2) is 106 Å². The SMILES string of the molecule is CCOc1ccc(N(CC(=O)N(Cc2ccc(Cl)cc2Cl)C(Cc2ccccc2)C(=O)NC2CCCCC2)S(=O)(=O)c2ccc(Br)cc2)cc1. The van der Waals surface area contributed by atoms with E-state index in [1.54, 1.807) is 54.6 Å². The molecule has 8 nitrogen and oxygen atoms in total. The fourth-order valence-corrected chi connectivity index (χ4v) is 8.22. The van der Waals surface area contributed by atoms with Gasteiger partial charge in [-0.3, -0.25) is 13.9 Å². The number of benzene rings is 4. The van der Waals surface area contributed by atoms with Crippen molar-refractivity contribution in [3.05, 3.63) is 123 Å². The summed E-state index contributed by atoms with van der Waals surface area (Å²) >= 11 is 16.2. The van der Waals surface area contributed by atoms with Crippen molar-refractivity contribution in [3.8, 4) is 5.75 Å². The van der Waals surface area contributed by atoms with E-state index >= 15 is 0 Å². The molecule has 0 aliphatic heterocycles. The number of carbonyl (C=O) groups excluding carboxylic acids is 2. The van der Waals surface area contributed by atoms with Gasteiger partial charge in [-0.05, 0) is 91.6 Å². The molecule has 1 atom stereocenters. The third-order valence-electron chi connectivity index (χ3n) is 8.69. The lowest BCUT2D eigenvalue weighted by molar-refractivity contribution is -0.140. The lowest BCUT2D eigenvalue weighted by Crippen LogP contribution is -2.55. The highest BCUT2D eigenvalue weighted by atomic mass is 79.9. The molecule has 12 heteroatoms. The van der Waals surface area contributed by atoms with E-state index in [4.69, 9.17) is 27.9 Å². The summed E-state index contributed by atoms with van der Waals surface area (Å²) in [6, 6.07) is 26.2. The van der Waals surface area contributed by atoms with E-state index in [0.29, 0.717) is 32.4 Å². The van der Waals surface area contributed by atoms with Gasteiger partial charge in [-0.2, -0.15) is 0 Å². The zero-order chi connectivity index (χ0) is 35.7. The van der Waals surface area contributed by atoms with Crippen LogP contribution in [0, 0.1) is 0 Å². The largest absolute Gasteiger partial charge is 0.494 e. The Balaban J connectivity index is 1.58. The van der Waals surface area contributed by atoms with Gasteiger partial charge in [-0.15, -0.1) is 0 Å². The van der Waals surface area contributed by atoms with Crippen LogP contribution in [0.2, 0.25) is 10.0 Å². The van der Waals surface area contributed by atoms with Crippen LogP contribution >= 0.6 is 39.1 Å². The molecule has 0 heterocycles. The van der Waals surface area contributed by atoms with Crippen molar-refractivity contribution in [1.29, 1.82) is 0 Å². The minimum absolute atomic E-state index is 0.00515. The van der Waals surface area contributed by atoms with Crippen molar-refractivity contribution in [2.45, 2.75) is 69.0 Å². The maximum Gasteiger partial charge on any atom is 0.264 e. The second kappa shape index (κ2) is 17.6. The molecule has 2 amide bonds. The van der Waals surface area contributed by atoms with Crippen LogP contribution in [-0.2, 0) is 32.6 Å². The number of nitrogens with zero attached hydrogens (tertiary/aromatic N) is 2. The maximum atomic E-state index is 14.8. The van der Waals surface area contributed by atoms with E-state index in [0.717, 1.165) is 42.0 Å². The van der Waals surface area contributed by atoms with Crippen molar-refractivity contribution < 1.29 is 22.7 Å². The summed E-state index contributed by atoms with van der Waals surface area (Å²) in [7, 11) is -4.26. The Labute approximate surface area is 312 Å². The Morgan fingerprint density at radius 2 is 1.60 bits per heavy atom. The molecule has 1 N–H and O–H groups in total. The molecule has 4 aromatic carbocycles. The van der Waals surface area contributed by atoms with Gasteiger partial charge in [0, 0.05) is 33.5 Å². The predicted octanol–water partition coefficient (Wildman–Crippen LogP) is 8.44. The van der Waals surface area contributed by atoms with Crippen molar-refractivity contribution in [2.24, 2.45) is 0 Å². The molecular formula is C38H40BrCl2N3O5S. The third-order valence-corrected chi connectivity index (χ3v) is 11.6. The summed E-state index contributed by atoms with van der Waals surface area (Å²) in [4.78, 5) is 30.5. The molecule has 1 aliphatic rings. The molecule has 0 spiro atoms. The first kappa shape index (κ1) is 37.7. The Morgan fingerprint density at radius 1 is 0.920 bits per heavy atom. The number of hydrogen-bond donors (Lipinski definition) is 1. The first-order chi connectivity index (χ1) is 24.0. The Hall–Kier alpha value is -3.57. The number of halogens is 3. The molecule has 50 heavy (non-hydrogen) atoms. The lowest BCUT2D eigenvalue weighted by Gasteiger charge is -2.35. The molecular weight excluding hydrogens is 761 g/mol. The quantitative estimate of drug-likeness (QED) is 0.138. The molecule has 5 rings (SSSR count). The van der Waals surface area contributed by atoms with Crippen molar-refractivity contribution in [3.63, 3.8) is 0 Å². The van der Waals surface area contributed by atoms with E-state index in [1.807, 2.05) is 37.3 Å². The molecule has 1 unspecified atom stereocenters. The normalized spacial score (nSPS) is 14.1. The number of nitrogens with one attached hydrogen (secondary N) is 1. The van der Waals surface area contributed by atoms with Crippen LogP contribution in [0.5, 0.6) is 5.75 Å². The van der Waals surface area contributed by atoms with Gasteiger partial charge >= 0.3 is 0 Å². The number of amides is 2. The van der Waals surface area contributed by atoms with Crippen molar-refractivity contribution in [2.75, 3.05) is 17.5 Å². The van der Waals surface area contributed by atoms with Gasteiger partial charge in [0.1, 0.15) is 18.3 Å². The fourth-order valence-electron chi connectivity index (χ4n) is 6.07. The maximum absolute atomic E-state index is 14.8. The first-order valence-electron chi connectivity index (χ1n) is 16.6. The Bertz CT molecular complexity index is 1860. The summed E-state index contributed by atoms with van der Waals surface area (Å²) in [6.45, 7) is 1.65. The van der Waals surface area contributed by atoms with Crippen LogP contribution in [0.4, 0.5) is 5.69 Å². The van der Waals surface area contributed by atoms with Gasteiger partial charge in [0.25, 0.3) is 10.0 Å². The molecule has 1 aliphatic carbocycles. The van der Waals surface area contributed by atoms with Crippen LogP contribution in [0.25, 0.3) is 0 Å². The van der Waals surface area contributed by atoms with E-state index in [2.05, 4.69) is 21.2 Å². The fraction of sp³-hybridized carbons (Fsp3) is 0.316.